The average molecular weight is 339 g/mol. The topological polar surface area (TPSA) is 38.3 Å². The minimum absolute atomic E-state index is 0.168. The van der Waals surface area contributed by atoms with Gasteiger partial charge in [0, 0.05) is 11.8 Å². The Kier molecular flexibility index (Phi) is 5.04. The van der Waals surface area contributed by atoms with Gasteiger partial charge in [0.2, 0.25) is 0 Å². The van der Waals surface area contributed by atoms with Crippen LogP contribution in [0.3, 0.4) is 0 Å². The van der Waals surface area contributed by atoms with Crippen molar-refractivity contribution in [3.05, 3.63) is 95.6 Å². The van der Waals surface area contributed by atoms with Gasteiger partial charge in [0.1, 0.15) is 12.4 Å². The first kappa shape index (κ1) is 16.6. The number of amides is 1. The largest absolute Gasteiger partial charge is 0.488 e. The smallest absolute Gasteiger partial charge is 0.259 e. The molecule has 0 aromatic heterocycles. The molecule has 5 heteroatoms. The van der Waals surface area contributed by atoms with Crippen LogP contribution in [0.4, 0.5) is 14.5 Å². The van der Waals surface area contributed by atoms with E-state index >= 15 is 0 Å². The van der Waals surface area contributed by atoms with Crippen molar-refractivity contribution in [2.24, 2.45) is 0 Å². The maximum Gasteiger partial charge on any atom is 0.259 e. The number of para-hydroxylation sites is 1. The Morgan fingerprint density at radius 2 is 1.60 bits per heavy atom. The molecule has 0 radical (unpaired) electrons. The summed E-state index contributed by atoms with van der Waals surface area (Å²) in [5, 5.41) is 2.54. The molecule has 25 heavy (non-hydrogen) atoms. The summed E-state index contributed by atoms with van der Waals surface area (Å²) in [6.45, 7) is 0.316. The summed E-state index contributed by atoms with van der Waals surface area (Å²) < 4.78 is 32.0. The van der Waals surface area contributed by atoms with E-state index in [0.717, 1.165) is 17.7 Å². The van der Waals surface area contributed by atoms with Crippen molar-refractivity contribution < 1.29 is 18.3 Å². The third kappa shape index (κ3) is 4.20. The molecule has 126 valence electrons. The van der Waals surface area contributed by atoms with Crippen LogP contribution in [-0.2, 0) is 6.61 Å². The molecule has 0 unspecified atom stereocenters. The molecule has 3 nitrogen and oxygen atoms in total. The van der Waals surface area contributed by atoms with Gasteiger partial charge in [0.25, 0.3) is 5.91 Å². The van der Waals surface area contributed by atoms with Crippen LogP contribution in [0.1, 0.15) is 15.9 Å². The number of benzene rings is 3. The van der Waals surface area contributed by atoms with Gasteiger partial charge in [0.05, 0.1) is 5.56 Å². The van der Waals surface area contributed by atoms with Crippen molar-refractivity contribution in [3.63, 3.8) is 0 Å². The van der Waals surface area contributed by atoms with Crippen LogP contribution in [0, 0.1) is 11.6 Å². The van der Waals surface area contributed by atoms with E-state index in [4.69, 9.17) is 4.74 Å². The minimum atomic E-state index is -1.02. The van der Waals surface area contributed by atoms with Crippen LogP contribution < -0.4 is 10.1 Å². The average Bonchev–Trinajstić information content (AvgIpc) is 2.64. The van der Waals surface area contributed by atoms with Crippen molar-refractivity contribution in [1.82, 2.24) is 0 Å². The number of hydrogen-bond donors (Lipinski definition) is 1. The number of carbonyl (C=O) groups is 1. The molecule has 0 spiro atoms. The molecule has 3 aromatic rings. The van der Waals surface area contributed by atoms with E-state index < -0.39 is 17.5 Å². The molecule has 0 saturated heterocycles. The molecular weight excluding hydrogens is 324 g/mol. The first-order valence-corrected chi connectivity index (χ1v) is 7.65. The van der Waals surface area contributed by atoms with E-state index in [-0.39, 0.29) is 5.69 Å². The maximum atomic E-state index is 13.3. The van der Waals surface area contributed by atoms with Crippen LogP contribution in [0.25, 0.3) is 0 Å². The van der Waals surface area contributed by atoms with Gasteiger partial charge in [-0.25, -0.2) is 8.78 Å². The molecule has 0 fully saturated rings. The third-order valence-electron chi connectivity index (χ3n) is 3.55. The minimum Gasteiger partial charge on any atom is -0.488 e. The molecule has 0 aliphatic rings. The predicted octanol–water partition coefficient (Wildman–Crippen LogP) is 4.80. The second-order valence-electron chi connectivity index (χ2n) is 5.35. The van der Waals surface area contributed by atoms with Crippen LogP contribution in [0.15, 0.2) is 72.8 Å². The summed E-state index contributed by atoms with van der Waals surface area (Å²) >= 11 is 0. The highest BCUT2D eigenvalue weighted by molar-refractivity contribution is 6.06. The zero-order chi connectivity index (χ0) is 17.6. The summed E-state index contributed by atoms with van der Waals surface area (Å²) in [6, 6.07) is 19.5. The Morgan fingerprint density at radius 3 is 2.36 bits per heavy atom. The Morgan fingerprint density at radius 1 is 0.880 bits per heavy atom. The van der Waals surface area contributed by atoms with Crippen LogP contribution in [0.5, 0.6) is 5.75 Å². The molecule has 0 bridgehead atoms. The summed E-state index contributed by atoms with van der Waals surface area (Å²) in [5.74, 6) is -2.04. The maximum absolute atomic E-state index is 13.3. The number of nitrogens with one attached hydrogen (secondary N) is 1. The zero-order valence-corrected chi connectivity index (χ0v) is 13.2. The summed E-state index contributed by atoms with van der Waals surface area (Å²) in [7, 11) is 0. The quantitative estimate of drug-likeness (QED) is 0.725. The number of rotatable bonds is 5. The fourth-order valence-corrected chi connectivity index (χ4v) is 2.29. The molecule has 3 rings (SSSR count). The van der Waals surface area contributed by atoms with Crippen molar-refractivity contribution >= 4 is 11.6 Å². The fourth-order valence-electron chi connectivity index (χ4n) is 2.29. The van der Waals surface area contributed by atoms with Gasteiger partial charge in [-0.05, 0) is 29.8 Å². The molecule has 3 aromatic carbocycles. The Bertz CT molecular complexity index is 882. The molecule has 0 aliphatic heterocycles. The van der Waals surface area contributed by atoms with Gasteiger partial charge in [0.15, 0.2) is 11.6 Å². The molecule has 0 atom stereocenters. The van der Waals surface area contributed by atoms with Crippen LogP contribution in [-0.4, -0.2) is 5.91 Å². The summed E-state index contributed by atoms with van der Waals surface area (Å²) in [5.41, 5.74) is 1.45. The first-order chi connectivity index (χ1) is 12.1. The fraction of sp³-hybridized carbons (Fsp3) is 0.0500. The monoisotopic (exact) mass is 339 g/mol. The lowest BCUT2D eigenvalue weighted by atomic mass is 10.1. The standard InChI is InChI=1S/C20H15F2NO2/c21-17-11-10-15(12-18(17)22)23-20(24)16-8-4-5-9-19(16)25-13-14-6-2-1-3-7-14/h1-12H,13H2,(H,23,24). The lowest BCUT2D eigenvalue weighted by molar-refractivity contribution is 0.102. The van der Waals surface area contributed by atoms with Gasteiger partial charge < -0.3 is 10.1 Å². The van der Waals surface area contributed by atoms with E-state index in [1.807, 2.05) is 30.3 Å². The van der Waals surface area contributed by atoms with Gasteiger partial charge in [-0.1, -0.05) is 42.5 Å². The lowest BCUT2D eigenvalue weighted by Crippen LogP contribution is -2.14. The number of ether oxygens (including phenoxy) is 1. The van der Waals surface area contributed by atoms with Gasteiger partial charge in [-0.2, -0.15) is 0 Å². The lowest BCUT2D eigenvalue weighted by Gasteiger charge is -2.12. The molecule has 1 amide bonds. The van der Waals surface area contributed by atoms with E-state index in [1.54, 1.807) is 24.3 Å². The second kappa shape index (κ2) is 7.57. The van der Waals surface area contributed by atoms with Gasteiger partial charge >= 0.3 is 0 Å². The number of hydrogen-bond acceptors (Lipinski definition) is 2. The van der Waals surface area contributed by atoms with Gasteiger partial charge in [-0.3, -0.25) is 4.79 Å². The van der Waals surface area contributed by atoms with Crippen molar-refractivity contribution in [3.8, 4) is 5.75 Å². The molecule has 1 N–H and O–H groups in total. The predicted molar refractivity (Wildman–Crippen MR) is 91.5 cm³/mol. The Hall–Kier alpha value is -3.21. The molecular formula is C20H15F2NO2. The Labute approximate surface area is 143 Å². The highest BCUT2D eigenvalue weighted by Crippen LogP contribution is 2.21. The molecule has 0 aliphatic carbocycles. The number of anilines is 1. The number of carbonyl (C=O) groups excluding carboxylic acids is 1. The Balaban J connectivity index is 1.75. The number of halogens is 2. The van der Waals surface area contributed by atoms with Gasteiger partial charge in [-0.15, -0.1) is 0 Å². The van der Waals surface area contributed by atoms with E-state index in [1.165, 1.54) is 6.07 Å². The van der Waals surface area contributed by atoms with Crippen LogP contribution >= 0.6 is 0 Å². The SMILES string of the molecule is O=C(Nc1ccc(F)c(F)c1)c1ccccc1OCc1ccccc1. The van der Waals surface area contributed by atoms with Crippen LogP contribution in [0.2, 0.25) is 0 Å². The summed E-state index contributed by atoms with van der Waals surface area (Å²) in [6.07, 6.45) is 0. The highest BCUT2D eigenvalue weighted by atomic mass is 19.2. The summed E-state index contributed by atoms with van der Waals surface area (Å²) in [4.78, 5) is 12.4. The molecule has 0 heterocycles. The van der Waals surface area contributed by atoms with E-state index in [2.05, 4.69) is 5.32 Å². The first-order valence-electron chi connectivity index (χ1n) is 7.65. The van der Waals surface area contributed by atoms with Crippen molar-refractivity contribution in [2.75, 3.05) is 5.32 Å². The zero-order valence-electron chi connectivity index (χ0n) is 13.2. The highest BCUT2D eigenvalue weighted by Gasteiger charge is 2.13. The second-order valence-corrected chi connectivity index (χ2v) is 5.35. The normalized spacial score (nSPS) is 10.3. The third-order valence-corrected chi connectivity index (χ3v) is 3.55. The van der Waals surface area contributed by atoms with Crippen molar-refractivity contribution in [1.29, 1.82) is 0 Å². The molecule has 0 saturated carbocycles. The van der Waals surface area contributed by atoms with E-state index in [9.17, 15) is 13.6 Å². The van der Waals surface area contributed by atoms with Crippen molar-refractivity contribution in [2.45, 2.75) is 6.61 Å². The van der Waals surface area contributed by atoms with E-state index in [0.29, 0.717) is 17.9 Å².